The molecule has 0 aromatic rings. The highest BCUT2D eigenvalue weighted by atomic mass is 16.7. The maximum Gasteiger partial charge on any atom is 0.341 e. The zero-order valence-corrected chi connectivity index (χ0v) is 9.79. The molecule has 0 bridgehead atoms. The topological polar surface area (TPSA) is 41.6 Å². The van der Waals surface area contributed by atoms with Crippen molar-refractivity contribution in [1.82, 2.24) is 10.4 Å². The van der Waals surface area contributed by atoms with Gasteiger partial charge in [-0.3, -0.25) is 4.84 Å². The summed E-state index contributed by atoms with van der Waals surface area (Å²) in [6.07, 6.45) is 4.68. The maximum atomic E-state index is 11.6. The number of hydroxylamine groups is 1. The van der Waals surface area contributed by atoms with Crippen LogP contribution in [-0.4, -0.2) is 30.6 Å². The fourth-order valence-corrected chi connectivity index (χ4v) is 1.61. The number of rotatable bonds is 3. The molecule has 0 unspecified atom stereocenters. The number of hydrogen-bond donors (Lipinski definition) is 1. The van der Waals surface area contributed by atoms with Crippen LogP contribution in [0.3, 0.4) is 0 Å². The first-order chi connectivity index (χ1) is 7.20. The molecule has 88 valence electrons. The summed E-state index contributed by atoms with van der Waals surface area (Å²) in [5.41, 5.74) is 2.50. The van der Waals surface area contributed by atoms with Crippen molar-refractivity contribution in [3.05, 3.63) is 0 Å². The third-order valence-electron chi connectivity index (χ3n) is 2.47. The average molecular weight is 214 g/mol. The van der Waals surface area contributed by atoms with Crippen molar-refractivity contribution in [2.24, 2.45) is 5.92 Å². The van der Waals surface area contributed by atoms with Crippen LogP contribution in [0.5, 0.6) is 0 Å². The normalized spacial score (nSPS) is 17.7. The van der Waals surface area contributed by atoms with Gasteiger partial charge in [-0.15, -0.1) is 0 Å². The Kier molecular flexibility index (Phi) is 5.47. The van der Waals surface area contributed by atoms with Crippen LogP contribution in [0.2, 0.25) is 0 Å². The predicted molar refractivity (Wildman–Crippen MR) is 59.4 cm³/mol. The number of likely N-dealkylation sites (tertiary alicyclic amines) is 1. The van der Waals surface area contributed by atoms with Gasteiger partial charge in [0.15, 0.2) is 0 Å². The number of nitrogens with one attached hydrogen (secondary N) is 1. The Morgan fingerprint density at radius 3 is 2.40 bits per heavy atom. The van der Waals surface area contributed by atoms with E-state index < -0.39 is 0 Å². The van der Waals surface area contributed by atoms with Crippen molar-refractivity contribution in [1.29, 1.82) is 0 Å². The molecule has 0 aromatic carbocycles. The second-order valence-electron chi connectivity index (χ2n) is 4.51. The molecule has 2 amide bonds. The van der Waals surface area contributed by atoms with Gasteiger partial charge < -0.3 is 4.90 Å². The molecule has 0 radical (unpaired) electrons. The Morgan fingerprint density at radius 2 is 1.87 bits per heavy atom. The van der Waals surface area contributed by atoms with Gasteiger partial charge in [0, 0.05) is 13.1 Å². The molecular weight excluding hydrogens is 192 g/mol. The third-order valence-corrected chi connectivity index (χ3v) is 2.47. The highest BCUT2D eigenvalue weighted by molar-refractivity contribution is 5.72. The molecule has 15 heavy (non-hydrogen) atoms. The maximum absolute atomic E-state index is 11.6. The molecule has 1 aliphatic heterocycles. The lowest BCUT2D eigenvalue weighted by Gasteiger charge is -2.20. The summed E-state index contributed by atoms with van der Waals surface area (Å²) >= 11 is 0. The lowest BCUT2D eigenvalue weighted by atomic mass is 10.2. The van der Waals surface area contributed by atoms with Gasteiger partial charge in [-0.25, -0.2) is 10.3 Å². The minimum absolute atomic E-state index is 0.0856. The second kappa shape index (κ2) is 6.67. The summed E-state index contributed by atoms with van der Waals surface area (Å²) in [6.45, 7) is 6.39. The molecule has 1 aliphatic rings. The molecule has 4 nitrogen and oxygen atoms in total. The molecule has 0 atom stereocenters. The van der Waals surface area contributed by atoms with E-state index in [-0.39, 0.29) is 6.03 Å². The summed E-state index contributed by atoms with van der Waals surface area (Å²) in [7, 11) is 0. The highest BCUT2D eigenvalue weighted by Gasteiger charge is 2.14. The number of nitrogens with zero attached hydrogens (tertiary/aromatic N) is 1. The third kappa shape index (κ3) is 5.02. The molecule has 1 rings (SSSR count). The number of carbonyl (C=O) groups excluding carboxylic acids is 1. The summed E-state index contributed by atoms with van der Waals surface area (Å²) < 4.78 is 0. The Morgan fingerprint density at radius 1 is 1.27 bits per heavy atom. The summed E-state index contributed by atoms with van der Waals surface area (Å²) in [5.74, 6) is 0.439. The number of amides is 2. The Balaban J connectivity index is 2.19. The van der Waals surface area contributed by atoms with Gasteiger partial charge in [0.2, 0.25) is 0 Å². The SMILES string of the molecule is CC(C)CONC(=O)N1CCCCCC1. The smallest absolute Gasteiger partial charge is 0.323 e. The molecule has 0 aliphatic carbocycles. The van der Waals surface area contributed by atoms with E-state index in [1.54, 1.807) is 0 Å². The van der Waals surface area contributed by atoms with E-state index in [9.17, 15) is 4.79 Å². The van der Waals surface area contributed by atoms with Crippen LogP contribution in [0, 0.1) is 5.92 Å². The van der Waals surface area contributed by atoms with E-state index in [2.05, 4.69) is 19.3 Å². The van der Waals surface area contributed by atoms with Gasteiger partial charge in [-0.05, 0) is 18.8 Å². The van der Waals surface area contributed by atoms with E-state index in [0.29, 0.717) is 12.5 Å². The quantitative estimate of drug-likeness (QED) is 0.731. The number of urea groups is 1. The minimum atomic E-state index is -0.0856. The molecule has 1 heterocycles. The van der Waals surface area contributed by atoms with E-state index in [0.717, 1.165) is 25.9 Å². The van der Waals surface area contributed by atoms with Gasteiger partial charge in [-0.2, -0.15) is 0 Å². The van der Waals surface area contributed by atoms with Crippen LogP contribution in [0.25, 0.3) is 0 Å². The largest absolute Gasteiger partial charge is 0.341 e. The van der Waals surface area contributed by atoms with E-state index in [1.165, 1.54) is 12.8 Å². The molecular formula is C11H22N2O2. The van der Waals surface area contributed by atoms with Crippen molar-refractivity contribution in [3.63, 3.8) is 0 Å². The summed E-state index contributed by atoms with van der Waals surface area (Å²) in [5, 5.41) is 0. The van der Waals surface area contributed by atoms with Crippen LogP contribution < -0.4 is 5.48 Å². The Bertz CT molecular complexity index is 187. The van der Waals surface area contributed by atoms with Crippen molar-refractivity contribution in [3.8, 4) is 0 Å². The average Bonchev–Trinajstić information content (AvgIpc) is 2.44. The van der Waals surface area contributed by atoms with Gasteiger partial charge in [0.25, 0.3) is 0 Å². The first-order valence-electron chi connectivity index (χ1n) is 5.87. The lowest BCUT2D eigenvalue weighted by molar-refractivity contribution is 0.0328. The Hall–Kier alpha value is -0.770. The zero-order chi connectivity index (χ0) is 11.1. The van der Waals surface area contributed by atoms with Crippen LogP contribution in [0.15, 0.2) is 0 Å². The number of hydrogen-bond acceptors (Lipinski definition) is 2. The summed E-state index contributed by atoms with van der Waals surface area (Å²) in [6, 6.07) is -0.0856. The first-order valence-corrected chi connectivity index (χ1v) is 5.87. The second-order valence-corrected chi connectivity index (χ2v) is 4.51. The lowest BCUT2D eigenvalue weighted by Crippen LogP contribution is -2.40. The van der Waals surface area contributed by atoms with E-state index in [1.807, 2.05) is 4.90 Å². The van der Waals surface area contributed by atoms with Crippen molar-refractivity contribution in [2.75, 3.05) is 19.7 Å². The molecule has 4 heteroatoms. The van der Waals surface area contributed by atoms with Crippen molar-refractivity contribution in [2.45, 2.75) is 39.5 Å². The molecule has 0 saturated carbocycles. The van der Waals surface area contributed by atoms with Gasteiger partial charge in [0.05, 0.1) is 6.61 Å². The highest BCUT2D eigenvalue weighted by Crippen LogP contribution is 2.09. The van der Waals surface area contributed by atoms with Gasteiger partial charge in [-0.1, -0.05) is 26.7 Å². The fraction of sp³-hybridized carbons (Fsp3) is 0.909. The molecule has 1 fully saturated rings. The molecule has 0 aromatic heterocycles. The first kappa shape index (κ1) is 12.3. The van der Waals surface area contributed by atoms with Gasteiger partial charge >= 0.3 is 6.03 Å². The van der Waals surface area contributed by atoms with Gasteiger partial charge in [0.1, 0.15) is 0 Å². The van der Waals surface area contributed by atoms with E-state index in [4.69, 9.17) is 4.84 Å². The molecule has 1 saturated heterocycles. The monoisotopic (exact) mass is 214 g/mol. The van der Waals surface area contributed by atoms with Crippen LogP contribution in [0.1, 0.15) is 39.5 Å². The zero-order valence-electron chi connectivity index (χ0n) is 9.79. The molecule has 1 N–H and O–H groups in total. The number of carbonyl (C=O) groups is 1. The Labute approximate surface area is 91.9 Å². The predicted octanol–water partition coefficient (Wildman–Crippen LogP) is 2.16. The van der Waals surface area contributed by atoms with E-state index >= 15 is 0 Å². The van der Waals surface area contributed by atoms with Crippen molar-refractivity contribution < 1.29 is 9.63 Å². The standard InChI is InChI=1S/C11H22N2O2/c1-10(2)9-15-12-11(14)13-7-5-3-4-6-8-13/h10H,3-9H2,1-2H3,(H,12,14). The van der Waals surface area contributed by atoms with Crippen LogP contribution in [0.4, 0.5) is 4.79 Å². The fourth-order valence-electron chi connectivity index (χ4n) is 1.61. The van der Waals surface area contributed by atoms with Crippen molar-refractivity contribution >= 4 is 6.03 Å². The van der Waals surface area contributed by atoms with Crippen LogP contribution >= 0.6 is 0 Å². The van der Waals surface area contributed by atoms with Crippen LogP contribution in [-0.2, 0) is 4.84 Å². The summed E-state index contributed by atoms with van der Waals surface area (Å²) in [4.78, 5) is 18.6. The minimum Gasteiger partial charge on any atom is -0.323 e. The molecule has 0 spiro atoms.